The molecule has 0 heterocycles. The number of fused-ring (bicyclic) bond motifs is 1. The molecule has 1 aliphatic carbocycles. The average molecular weight is 366 g/mol. The number of Topliss-reactive ketones (excluding diaryl/α,β-unsaturated/α-hetero) is 4. The molecule has 1 aliphatic rings. The number of allylic oxidation sites excluding steroid dienone is 2. The van der Waals surface area contributed by atoms with Crippen molar-refractivity contribution in [3.8, 4) is 0 Å². The molecule has 0 saturated carbocycles. The highest BCUT2D eigenvalue weighted by atomic mass is 16.2. The van der Waals surface area contributed by atoms with E-state index < -0.39 is 23.1 Å². The predicted molar refractivity (Wildman–Crippen MR) is 104 cm³/mol. The summed E-state index contributed by atoms with van der Waals surface area (Å²) in [4.78, 5) is 52.5. The van der Waals surface area contributed by atoms with E-state index in [1.165, 1.54) is 12.1 Å². The largest absolute Gasteiger partial charge is 0.288 e. The molecule has 4 heteroatoms. The summed E-state index contributed by atoms with van der Waals surface area (Å²) in [7, 11) is 0. The lowest BCUT2D eigenvalue weighted by Crippen LogP contribution is -2.30. The zero-order valence-corrected chi connectivity index (χ0v) is 14.7. The highest BCUT2D eigenvalue weighted by molar-refractivity contribution is 6.46. The Labute approximate surface area is 161 Å². The lowest BCUT2D eigenvalue weighted by molar-refractivity contribution is 0.0894. The number of ketones is 4. The summed E-state index contributed by atoms with van der Waals surface area (Å²) >= 11 is 0. The van der Waals surface area contributed by atoms with Gasteiger partial charge in [-0.25, -0.2) is 0 Å². The highest BCUT2D eigenvalue weighted by Crippen LogP contribution is 2.30. The molecule has 0 N–H and O–H groups in total. The lowest BCUT2D eigenvalue weighted by Gasteiger charge is -2.19. The second-order valence-corrected chi connectivity index (χ2v) is 6.34. The lowest BCUT2D eigenvalue weighted by atomic mass is 9.78. The van der Waals surface area contributed by atoms with Crippen LogP contribution >= 0.6 is 0 Å². The van der Waals surface area contributed by atoms with Crippen LogP contribution in [0.25, 0.3) is 0 Å². The predicted octanol–water partition coefficient (Wildman–Crippen LogP) is 4.13. The van der Waals surface area contributed by atoms with Crippen LogP contribution in [0.5, 0.6) is 0 Å². The minimum Gasteiger partial charge on any atom is -0.288 e. The molecule has 134 valence electrons. The summed E-state index contributed by atoms with van der Waals surface area (Å²) in [5.74, 6) is -2.48. The Morgan fingerprint density at radius 1 is 0.464 bits per heavy atom. The fourth-order valence-electron chi connectivity index (χ4n) is 3.28. The van der Waals surface area contributed by atoms with Crippen LogP contribution in [0.4, 0.5) is 0 Å². The molecule has 0 saturated heterocycles. The molecular formula is C24H14O4. The van der Waals surface area contributed by atoms with Gasteiger partial charge in [0.1, 0.15) is 0 Å². The van der Waals surface area contributed by atoms with E-state index in [1.807, 2.05) is 0 Å². The minimum atomic E-state index is -0.632. The molecule has 0 aliphatic heterocycles. The maximum Gasteiger partial charge on any atom is 0.198 e. The number of hydrogen-bond donors (Lipinski definition) is 0. The molecule has 0 atom stereocenters. The van der Waals surface area contributed by atoms with Gasteiger partial charge in [0.2, 0.25) is 0 Å². The quantitative estimate of drug-likeness (QED) is 0.514. The van der Waals surface area contributed by atoms with Crippen molar-refractivity contribution in [3.63, 3.8) is 0 Å². The molecule has 4 nitrogen and oxygen atoms in total. The standard InChI is InChI=1S/C24H14O4/c25-21(15-9-3-1-4-10-15)19-20(22(26)16-11-5-2-6-12-16)24(28)18-14-8-7-13-17(18)23(19)27/h1-14H. The van der Waals surface area contributed by atoms with Crippen LogP contribution in [0.15, 0.2) is 96.1 Å². The fraction of sp³-hybridized carbons (Fsp3) is 0. The molecule has 4 rings (SSSR count). The van der Waals surface area contributed by atoms with Gasteiger partial charge in [-0.1, -0.05) is 84.9 Å². The van der Waals surface area contributed by atoms with Gasteiger partial charge in [0.15, 0.2) is 23.1 Å². The van der Waals surface area contributed by atoms with Crippen LogP contribution in [0, 0.1) is 0 Å². The molecular weight excluding hydrogens is 352 g/mol. The monoisotopic (exact) mass is 366 g/mol. The second-order valence-electron chi connectivity index (χ2n) is 6.34. The molecule has 3 aromatic rings. The molecule has 0 radical (unpaired) electrons. The maximum absolute atomic E-state index is 13.1. The highest BCUT2D eigenvalue weighted by Gasteiger charge is 2.39. The fourth-order valence-corrected chi connectivity index (χ4v) is 3.28. The van der Waals surface area contributed by atoms with Gasteiger partial charge in [-0.3, -0.25) is 19.2 Å². The van der Waals surface area contributed by atoms with E-state index in [0.717, 1.165) is 0 Å². The Morgan fingerprint density at radius 2 is 0.786 bits per heavy atom. The van der Waals surface area contributed by atoms with Crippen molar-refractivity contribution in [2.24, 2.45) is 0 Å². The number of carbonyl (C=O) groups excluding carboxylic acids is 4. The van der Waals surface area contributed by atoms with Gasteiger partial charge < -0.3 is 0 Å². The van der Waals surface area contributed by atoms with E-state index in [2.05, 4.69) is 0 Å². The number of carbonyl (C=O) groups is 4. The second kappa shape index (κ2) is 7.00. The van der Waals surface area contributed by atoms with Crippen LogP contribution in [0.3, 0.4) is 0 Å². The van der Waals surface area contributed by atoms with Gasteiger partial charge >= 0.3 is 0 Å². The Hall–Kier alpha value is -3.92. The van der Waals surface area contributed by atoms with E-state index in [-0.39, 0.29) is 33.4 Å². The van der Waals surface area contributed by atoms with Crippen LogP contribution in [0.1, 0.15) is 41.4 Å². The van der Waals surface area contributed by atoms with Gasteiger partial charge in [0, 0.05) is 22.3 Å². The van der Waals surface area contributed by atoms with Crippen LogP contribution in [-0.2, 0) is 0 Å². The van der Waals surface area contributed by atoms with E-state index in [4.69, 9.17) is 0 Å². The zero-order chi connectivity index (χ0) is 19.7. The Balaban J connectivity index is 1.97. The Bertz CT molecular complexity index is 1060. The third-order valence-corrected chi connectivity index (χ3v) is 4.65. The summed E-state index contributed by atoms with van der Waals surface area (Å²) < 4.78 is 0. The third-order valence-electron chi connectivity index (χ3n) is 4.65. The van der Waals surface area contributed by atoms with E-state index in [9.17, 15) is 19.2 Å². The number of rotatable bonds is 4. The molecule has 28 heavy (non-hydrogen) atoms. The Morgan fingerprint density at radius 3 is 1.14 bits per heavy atom. The summed E-state index contributed by atoms with van der Waals surface area (Å²) in [6, 6.07) is 22.6. The van der Waals surface area contributed by atoms with Gasteiger partial charge in [0.25, 0.3) is 0 Å². The van der Waals surface area contributed by atoms with Gasteiger partial charge in [-0.15, -0.1) is 0 Å². The SMILES string of the molecule is O=C(C1=C(C(=O)c2ccccc2)C(=O)c2ccccc2C1=O)c1ccccc1. The molecule has 0 fully saturated rings. The summed E-state index contributed by atoms with van der Waals surface area (Å²) in [5, 5.41) is 0. The summed E-state index contributed by atoms with van der Waals surface area (Å²) in [6.07, 6.45) is 0. The van der Waals surface area contributed by atoms with Gasteiger partial charge in [-0.05, 0) is 0 Å². The number of benzene rings is 3. The molecule has 0 unspecified atom stereocenters. The minimum absolute atomic E-state index is 0.136. The first kappa shape index (κ1) is 17.5. The average Bonchev–Trinajstić information content (AvgIpc) is 2.76. The molecule has 0 spiro atoms. The van der Waals surface area contributed by atoms with E-state index >= 15 is 0 Å². The van der Waals surface area contributed by atoms with Crippen LogP contribution < -0.4 is 0 Å². The van der Waals surface area contributed by atoms with Crippen molar-refractivity contribution >= 4 is 23.1 Å². The third kappa shape index (κ3) is 2.81. The van der Waals surface area contributed by atoms with E-state index in [0.29, 0.717) is 0 Å². The van der Waals surface area contributed by atoms with Crippen LogP contribution in [-0.4, -0.2) is 23.1 Å². The van der Waals surface area contributed by atoms with E-state index in [1.54, 1.807) is 72.8 Å². The van der Waals surface area contributed by atoms with Crippen LogP contribution in [0.2, 0.25) is 0 Å². The number of hydrogen-bond acceptors (Lipinski definition) is 4. The topological polar surface area (TPSA) is 68.3 Å². The first-order valence-corrected chi connectivity index (χ1v) is 8.72. The van der Waals surface area contributed by atoms with Crippen molar-refractivity contribution in [1.82, 2.24) is 0 Å². The van der Waals surface area contributed by atoms with Crippen molar-refractivity contribution in [2.45, 2.75) is 0 Å². The Kier molecular flexibility index (Phi) is 4.38. The smallest absolute Gasteiger partial charge is 0.198 e. The van der Waals surface area contributed by atoms with Crippen molar-refractivity contribution in [3.05, 3.63) is 118 Å². The molecule has 0 aromatic heterocycles. The normalized spacial score (nSPS) is 13.3. The first-order chi connectivity index (χ1) is 13.6. The summed E-state index contributed by atoms with van der Waals surface area (Å²) in [5.41, 5.74) is 0.0214. The molecule has 0 amide bonds. The first-order valence-electron chi connectivity index (χ1n) is 8.72. The molecule has 3 aromatic carbocycles. The van der Waals surface area contributed by atoms with Gasteiger partial charge in [0.05, 0.1) is 11.1 Å². The maximum atomic E-state index is 13.1. The van der Waals surface area contributed by atoms with Crippen molar-refractivity contribution in [1.29, 1.82) is 0 Å². The van der Waals surface area contributed by atoms with Crippen molar-refractivity contribution in [2.75, 3.05) is 0 Å². The van der Waals surface area contributed by atoms with Gasteiger partial charge in [-0.2, -0.15) is 0 Å². The van der Waals surface area contributed by atoms with Crippen molar-refractivity contribution < 1.29 is 19.2 Å². The molecule has 0 bridgehead atoms. The summed E-state index contributed by atoms with van der Waals surface area (Å²) in [6.45, 7) is 0. The zero-order valence-electron chi connectivity index (χ0n) is 14.7.